The standard InChI is InChI=1S/C21H15ClN4O2S2/c1-12-2-9-16-20(26-30-25-16)19(12)24-21(29)23-18(27)11-8-15-7-10-17(28-15)13-3-5-14(22)6-4-13/h2-11H,1H3,(H2,23,24,27,29)/b11-8+. The van der Waals surface area contributed by atoms with Crippen molar-refractivity contribution >= 4 is 69.4 Å². The Morgan fingerprint density at radius 3 is 2.73 bits per heavy atom. The number of benzene rings is 2. The van der Waals surface area contributed by atoms with E-state index in [2.05, 4.69) is 19.4 Å². The van der Waals surface area contributed by atoms with Gasteiger partial charge in [-0.15, -0.1) is 0 Å². The second-order valence-corrected chi connectivity index (χ2v) is 7.75. The molecule has 2 heterocycles. The highest BCUT2D eigenvalue weighted by Gasteiger charge is 2.11. The molecule has 0 aliphatic carbocycles. The van der Waals surface area contributed by atoms with Crippen LogP contribution in [0.4, 0.5) is 5.69 Å². The number of fused-ring (bicyclic) bond motifs is 1. The van der Waals surface area contributed by atoms with Gasteiger partial charge >= 0.3 is 0 Å². The van der Waals surface area contributed by atoms with Crippen LogP contribution >= 0.6 is 35.5 Å². The van der Waals surface area contributed by atoms with Gasteiger partial charge in [-0.05, 0) is 73.2 Å². The van der Waals surface area contributed by atoms with E-state index in [4.69, 9.17) is 28.2 Å². The molecule has 0 aliphatic heterocycles. The molecule has 30 heavy (non-hydrogen) atoms. The lowest BCUT2D eigenvalue weighted by Gasteiger charge is -2.10. The number of rotatable bonds is 4. The van der Waals surface area contributed by atoms with E-state index in [1.165, 1.54) is 6.08 Å². The number of aryl methyl sites for hydroxylation is 1. The Morgan fingerprint density at radius 1 is 1.13 bits per heavy atom. The highest BCUT2D eigenvalue weighted by Crippen LogP contribution is 2.26. The number of hydrogen-bond donors (Lipinski definition) is 2. The molecule has 9 heteroatoms. The van der Waals surface area contributed by atoms with Gasteiger partial charge in [0.05, 0.1) is 17.4 Å². The van der Waals surface area contributed by atoms with E-state index in [0.29, 0.717) is 16.5 Å². The number of thiocarbonyl (C=S) groups is 1. The maximum atomic E-state index is 12.2. The summed E-state index contributed by atoms with van der Waals surface area (Å²) in [6.07, 6.45) is 2.93. The second kappa shape index (κ2) is 8.74. The molecule has 2 aromatic carbocycles. The molecule has 0 unspecified atom stereocenters. The molecule has 1 amide bonds. The van der Waals surface area contributed by atoms with Crippen LogP contribution in [0.2, 0.25) is 5.02 Å². The summed E-state index contributed by atoms with van der Waals surface area (Å²) in [7, 11) is 0. The van der Waals surface area contributed by atoms with Crippen molar-refractivity contribution in [1.82, 2.24) is 14.1 Å². The average molecular weight is 455 g/mol. The maximum Gasteiger partial charge on any atom is 0.250 e. The van der Waals surface area contributed by atoms with Crippen molar-refractivity contribution in [1.29, 1.82) is 0 Å². The van der Waals surface area contributed by atoms with E-state index in [1.54, 1.807) is 24.3 Å². The highest BCUT2D eigenvalue weighted by molar-refractivity contribution is 7.80. The summed E-state index contributed by atoms with van der Waals surface area (Å²) in [5.74, 6) is 0.852. The molecular formula is C21H15ClN4O2S2. The van der Waals surface area contributed by atoms with E-state index in [-0.39, 0.29) is 11.0 Å². The molecule has 0 saturated heterocycles. The predicted octanol–water partition coefficient (Wildman–Crippen LogP) is 5.44. The van der Waals surface area contributed by atoms with Crippen LogP contribution in [0.1, 0.15) is 11.3 Å². The monoisotopic (exact) mass is 454 g/mol. The van der Waals surface area contributed by atoms with Gasteiger partial charge < -0.3 is 9.73 Å². The number of halogens is 1. The Hall–Kier alpha value is -3.07. The fraction of sp³-hybridized carbons (Fsp3) is 0.0476. The number of furan rings is 1. The summed E-state index contributed by atoms with van der Waals surface area (Å²) in [6, 6.07) is 14.7. The van der Waals surface area contributed by atoms with Gasteiger partial charge in [0.1, 0.15) is 22.6 Å². The van der Waals surface area contributed by atoms with Crippen LogP contribution < -0.4 is 10.6 Å². The predicted molar refractivity (Wildman–Crippen MR) is 125 cm³/mol. The zero-order chi connectivity index (χ0) is 21.1. The van der Waals surface area contributed by atoms with E-state index < -0.39 is 0 Å². The molecule has 0 bridgehead atoms. The zero-order valence-corrected chi connectivity index (χ0v) is 18.1. The van der Waals surface area contributed by atoms with Gasteiger partial charge in [-0.3, -0.25) is 10.1 Å². The normalized spacial score (nSPS) is 11.1. The van der Waals surface area contributed by atoms with Crippen molar-refractivity contribution in [2.75, 3.05) is 5.32 Å². The third-order valence-electron chi connectivity index (χ3n) is 4.27. The first-order valence-corrected chi connectivity index (χ1v) is 10.4. The molecule has 4 aromatic rings. The summed E-state index contributed by atoms with van der Waals surface area (Å²) < 4.78 is 14.2. The van der Waals surface area contributed by atoms with Crippen LogP contribution in [0, 0.1) is 6.92 Å². The largest absolute Gasteiger partial charge is 0.457 e. The Balaban J connectivity index is 1.39. The third-order valence-corrected chi connectivity index (χ3v) is 5.26. The van der Waals surface area contributed by atoms with Gasteiger partial charge in [0.2, 0.25) is 5.91 Å². The Bertz CT molecular complexity index is 1260. The fourth-order valence-corrected chi connectivity index (χ4v) is 3.65. The molecule has 0 fully saturated rings. The quantitative estimate of drug-likeness (QED) is 0.315. The Morgan fingerprint density at radius 2 is 1.93 bits per heavy atom. The summed E-state index contributed by atoms with van der Waals surface area (Å²) in [5.41, 5.74) is 4.07. The van der Waals surface area contributed by atoms with E-state index >= 15 is 0 Å². The fourth-order valence-electron chi connectivity index (χ4n) is 2.78. The first kappa shape index (κ1) is 20.2. The topological polar surface area (TPSA) is 80.0 Å². The van der Waals surface area contributed by atoms with Crippen molar-refractivity contribution in [2.24, 2.45) is 0 Å². The molecule has 6 nitrogen and oxygen atoms in total. The van der Waals surface area contributed by atoms with Crippen molar-refractivity contribution in [3.8, 4) is 11.3 Å². The van der Waals surface area contributed by atoms with Crippen LogP contribution in [0.15, 0.2) is 59.0 Å². The minimum Gasteiger partial charge on any atom is -0.457 e. The van der Waals surface area contributed by atoms with Gasteiger partial charge in [0.25, 0.3) is 0 Å². The van der Waals surface area contributed by atoms with Gasteiger partial charge in [-0.25, -0.2) is 0 Å². The van der Waals surface area contributed by atoms with Gasteiger partial charge in [-0.1, -0.05) is 17.7 Å². The molecular weight excluding hydrogens is 440 g/mol. The highest BCUT2D eigenvalue weighted by atomic mass is 35.5. The molecule has 0 saturated carbocycles. The summed E-state index contributed by atoms with van der Waals surface area (Å²) in [6.45, 7) is 1.93. The number of hydrogen-bond acceptors (Lipinski definition) is 6. The van der Waals surface area contributed by atoms with Gasteiger partial charge in [-0.2, -0.15) is 8.75 Å². The number of nitrogens with zero attached hydrogens (tertiary/aromatic N) is 2. The lowest BCUT2D eigenvalue weighted by atomic mass is 10.1. The molecule has 0 radical (unpaired) electrons. The number of aromatic nitrogens is 2. The van der Waals surface area contributed by atoms with Crippen LogP contribution in [0.25, 0.3) is 28.4 Å². The van der Waals surface area contributed by atoms with Crippen LogP contribution in [-0.4, -0.2) is 19.8 Å². The van der Waals surface area contributed by atoms with Crippen molar-refractivity contribution < 1.29 is 9.21 Å². The SMILES string of the molecule is Cc1ccc2nsnc2c1NC(=S)NC(=O)/C=C/c1ccc(-c2ccc(Cl)cc2)o1. The lowest BCUT2D eigenvalue weighted by Crippen LogP contribution is -2.33. The number of anilines is 1. The lowest BCUT2D eigenvalue weighted by molar-refractivity contribution is -0.115. The van der Waals surface area contributed by atoms with Crippen molar-refractivity contribution in [2.45, 2.75) is 6.92 Å². The number of carbonyl (C=O) groups excluding carboxylic acids is 1. The average Bonchev–Trinajstić information content (AvgIpc) is 3.39. The molecule has 2 N–H and O–H groups in total. The molecule has 0 atom stereocenters. The third kappa shape index (κ3) is 4.56. The molecule has 0 aliphatic rings. The number of amides is 1. The van der Waals surface area contributed by atoms with E-state index in [1.807, 2.05) is 37.3 Å². The van der Waals surface area contributed by atoms with E-state index in [0.717, 1.165) is 39.6 Å². The van der Waals surface area contributed by atoms with Crippen LogP contribution in [0.3, 0.4) is 0 Å². The van der Waals surface area contributed by atoms with Crippen molar-refractivity contribution in [3.05, 3.63) is 71.0 Å². The summed E-state index contributed by atoms with van der Waals surface area (Å²) in [4.78, 5) is 12.2. The van der Waals surface area contributed by atoms with E-state index in [9.17, 15) is 4.79 Å². The first-order chi connectivity index (χ1) is 14.5. The molecule has 150 valence electrons. The maximum absolute atomic E-state index is 12.2. The summed E-state index contributed by atoms with van der Waals surface area (Å²) in [5, 5.41) is 6.49. The molecule has 4 rings (SSSR count). The van der Waals surface area contributed by atoms with Gasteiger partial charge in [0, 0.05) is 16.7 Å². The second-order valence-electron chi connectivity index (χ2n) is 6.38. The van der Waals surface area contributed by atoms with Crippen LogP contribution in [0.5, 0.6) is 0 Å². The molecule has 0 spiro atoms. The minimum absolute atomic E-state index is 0.176. The summed E-state index contributed by atoms with van der Waals surface area (Å²) >= 11 is 12.3. The van der Waals surface area contributed by atoms with Crippen LogP contribution in [-0.2, 0) is 4.79 Å². The molecule has 2 aromatic heterocycles. The Labute approximate surface area is 186 Å². The zero-order valence-electron chi connectivity index (χ0n) is 15.7. The Kier molecular flexibility index (Phi) is 5.89. The first-order valence-electron chi connectivity index (χ1n) is 8.87. The minimum atomic E-state index is -0.377. The smallest absolute Gasteiger partial charge is 0.250 e. The number of nitrogens with one attached hydrogen (secondary N) is 2. The van der Waals surface area contributed by atoms with Crippen molar-refractivity contribution in [3.63, 3.8) is 0 Å². The number of carbonyl (C=O) groups is 1. The van der Waals surface area contributed by atoms with Gasteiger partial charge in [0.15, 0.2) is 5.11 Å².